The van der Waals surface area contributed by atoms with Gasteiger partial charge in [0.15, 0.2) is 0 Å². The van der Waals surface area contributed by atoms with Crippen LogP contribution in [0.2, 0.25) is 0 Å². The van der Waals surface area contributed by atoms with Crippen LogP contribution in [-0.4, -0.2) is 6.61 Å². The molecule has 0 saturated carbocycles. The molecule has 2 aromatic rings. The Balaban J connectivity index is 2.21. The molecule has 108 valence electrons. The van der Waals surface area contributed by atoms with E-state index in [-0.39, 0.29) is 0 Å². The summed E-state index contributed by atoms with van der Waals surface area (Å²) in [6.45, 7) is 4.14. The molecule has 0 N–H and O–H groups in total. The molecule has 2 aromatic carbocycles. The summed E-state index contributed by atoms with van der Waals surface area (Å²) in [7, 11) is -3.32. The first-order valence-electron chi connectivity index (χ1n) is 6.96. The van der Waals surface area contributed by atoms with Gasteiger partial charge in [0.2, 0.25) is 0 Å². The van der Waals surface area contributed by atoms with E-state index < -0.39 is 7.60 Å². The zero-order valence-electron chi connectivity index (χ0n) is 12.1. The summed E-state index contributed by atoms with van der Waals surface area (Å²) in [6, 6.07) is 17.3. The molecule has 0 saturated heterocycles. The second-order valence-corrected chi connectivity index (χ2v) is 6.76. The second-order valence-electron chi connectivity index (χ2n) is 4.84. The van der Waals surface area contributed by atoms with E-state index in [2.05, 4.69) is 0 Å². The van der Waals surface area contributed by atoms with Crippen LogP contribution in [0.3, 0.4) is 0 Å². The molecule has 1 unspecified atom stereocenters. The van der Waals surface area contributed by atoms with Gasteiger partial charge in [-0.2, -0.15) is 0 Å². The molecule has 0 radical (unpaired) electrons. The van der Waals surface area contributed by atoms with Crippen LogP contribution in [-0.2, 0) is 13.6 Å². The fourth-order valence-electron chi connectivity index (χ4n) is 2.51. The number of rotatable bonds is 3. The molecule has 0 amide bonds. The highest BCUT2D eigenvalue weighted by atomic mass is 31.2. The van der Waals surface area contributed by atoms with Gasteiger partial charge < -0.3 is 4.52 Å². The minimum absolute atomic E-state index is 0.340. The summed E-state index contributed by atoms with van der Waals surface area (Å²) in [4.78, 5) is 0. The third-order valence-electron chi connectivity index (χ3n) is 3.49. The largest absolute Gasteiger partial charge is 0.420 e. The van der Waals surface area contributed by atoms with Crippen molar-refractivity contribution in [2.75, 3.05) is 6.61 Å². The topological polar surface area (TPSA) is 35.5 Å². The van der Waals surface area contributed by atoms with Crippen molar-refractivity contribution in [3.05, 3.63) is 65.7 Å². The van der Waals surface area contributed by atoms with Gasteiger partial charge in [-0.05, 0) is 25.5 Å². The van der Waals surface area contributed by atoms with Crippen molar-refractivity contribution < 1.29 is 13.6 Å². The number of hydrogen-bond acceptors (Lipinski definition) is 3. The third kappa shape index (κ3) is 2.44. The Morgan fingerprint density at radius 1 is 1.05 bits per heavy atom. The van der Waals surface area contributed by atoms with Crippen molar-refractivity contribution in [1.29, 1.82) is 0 Å². The fourth-order valence-corrected chi connectivity index (χ4v) is 4.43. The first kappa shape index (κ1) is 14.1. The van der Waals surface area contributed by atoms with Crippen molar-refractivity contribution in [3.8, 4) is 0 Å². The molecule has 1 aliphatic heterocycles. The molecule has 3 rings (SSSR count). The molecule has 1 aliphatic rings. The number of benzene rings is 2. The summed E-state index contributed by atoms with van der Waals surface area (Å²) in [6.07, 6.45) is 0. The Kier molecular flexibility index (Phi) is 3.71. The molecule has 1 heterocycles. The average molecular weight is 300 g/mol. The van der Waals surface area contributed by atoms with E-state index in [1.54, 1.807) is 0 Å². The molecular formula is C17H17O3P. The van der Waals surface area contributed by atoms with Crippen molar-refractivity contribution >= 4 is 24.2 Å². The van der Waals surface area contributed by atoms with Crippen LogP contribution in [0.4, 0.5) is 0 Å². The molecule has 0 aromatic heterocycles. The van der Waals surface area contributed by atoms with Crippen molar-refractivity contribution in [3.63, 3.8) is 0 Å². The van der Waals surface area contributed by atoms with E-state index in [4.69, 9.17) is 9.05 Å². The highest BCUT2D eigenvalue weighted by Gasteiger charge is 2.37. The SMILES string of the molecule is CCOP1(=O)OC(c2ccccc2)=C(C)c2ccccc21. The Labute approximate surface area is 124 Å². The molecule has 0 spiro atoms. The predicted molar refractivity (Wildman–Crippen MR) is 85.3 cm³/mol. The molecule has 21 heavy (non-hydrogen) atoms. The van der Waals surface area contributed by atoms with Gasteiger partial charge in [-0.25, -0.2) is 4.57 Å². The lowest BCUT2D eigenvalue weighted by Crippen LogP contribution is -2.19. The number of hydrogen-bond donors (Lipinski definition) is 0. The smallest absolute Gasteiger partial charge is 0.411 e. The van der Waals surface area contributed by atoms with Gasteiger partial charge in [-0.1, -0.05) is 48.5 Å². The molecule has 0 aliphatic carbocycles. The van der Waals surface area contributed by atoms with Crippen LogP contribution in [0, 0.1) is 0 Å². The van der Waals surface area contributed by atoms with E-state index in [0.717, 1.165) is 16.7 Å². The Hall–Kier alpha value is -1.83. The first-order valence-corrected chi connectivity index (χ1v) is 8.50. The van der Waals surface area contributed by atoms with Gasteiger partial charge in [-0.15, -0.1) is 0 Å². The van der Waals surface area contributed by atoms with Crippen molar-refractivity contribution in [2.45, 2.75) is 13.8 Å². The van der Waals surface area contributed by atoms with E-state index in [1.807, 2.05) is 68.4 Å². The third-order valence-corrected chi connectivity index (χ3v) is 5.49. The normalized spacial score (nSPS) is 20.9. The molecule has 0 fully saturated rings. The van der Waals surface area contributed by atoms with Gasteiger partial charge in [0.25, 0.3) is 0 Å². The Bertz CT molecular complexity index is 735. The highest BCUT2D eigenvalue weighted by molar-refractivity contribution is 7.62. The quantitative estimate of drug-likeness (QED) is 0.785. The van der Waals surface area contributed by atoms with Crippen molar-refractivity contribution in [1.82, 2.24) is 0 Å². The number of fused-ring (bicyclic) bond motifs is 1. The van der Waals surface area contributed by atoms with Gasteiger partial charge in [0, 0.05) is 11.1 Å². The fraction of sp³-hybridized carbons (Fsp3) is 0.176. The monoisotopic (exact) mass is 300 g/mol. The maximum atomic E-state index is 13.1. The minimum Gasteiger partial charge on any atom is -0.420 e. The summed E-state index contributed by atoms with van der Waals surface area (Å²) in [5.41, 5.74) is 2.81. The first-order chi connectivity index (χ1) is 10.2. The Morgan fingerprint density at radius 2 is 1.71 bits per heavy atom. The second kappa shape index (κ2) is 5.51. The van der Waals surface area contributed by atoms with Gasteiger partial charge in [0.1, 0.15) is 5.76 Å². The molecular weight excluding hydrogens is 283 g/mol. The highest BCUT2D eigenvalue weighted by Crippen LogP contribution is 2.56. The van der Waals surface area contributed by atoms with Crippen LogP contribution in [0.15, 0.2) is 54.6 Å². The zero-order chi connectivity index (χ0) is 14.9. The van der Waals surface area contributed by atoms with Crippen molar-refractivity contribution in [2.24, 2.45) is 0 Å². The van der Waals surface area contributed by atoms with Crippen LogP contribution >= 0.6 is 7.60 Å². The summed E-state index contributed by atoms with van der Waals surface area (Å²) < 4.78 is 24.5. The van der Waals surface area contributed by atoms with Crippen LogP contribution in [0.1, 0.15) is 25.0 Å². The summed E-state index contributed by atoms with van der Waals surface area (Å²) in [5, 5.41) is 0.643. The van der Waals surface area contributed by atoms with Gasteiger partial charge >= 0.3 is 7.60 Å². The predicted octanol–water partition coefficient (Wildman–Crippen LogP) is 4.46. The van der Waals surface area contributed by atoms with E-state index >= 15 is 0 Å². The minimum atomic E-state index is -3.32. The molecule has 3 nitrogen and oxygen atoms in total. The maximum absolute atomic E-state index is 13.1. The van der Waals surface area contributed by atoms with E-state index in [9.17, 15) is 4.57 Å². The molecule has 0 bridgehead atoms. The Morgan fingerprint density at radius 3 is 2.43 bits per heavy atom. The lowest BCUT2D eigenvalue weighted by atomic mass is 10.0. The lowest BCUT2D eigenvalue weighted by molar-refractivity contribution is 0.279. The van der Waals surface area contributed by atoms with E-state index in [1.165, 1.54) is 0 Å². The standard InChI is InChI=1S/C17H17O3P/c1-3-19-21(18)16-12-8-7-11-15(16)13(2)17(20-21)14-9-5-4-6-10-14/h4-12H,3H2,1-2H3. The molecule has 4 heteroatoms. The maximum Gasteiger partial charge on any atom is 0.411 e. The lowest BCUT2D eigenvalue weighted by Gasteiger charge is -2.28. The van der Waals surface area contributed by atoms with Crippen LogP contribution in [0.25, 0.3) is 11.3 Å². The summed E-state index contributed by atoms with van der Waals surface area (Å²) >= 11 is 0. The van der Waals surface area contributed by atoms with Crippen LogP contribution < -0.4 is 5.30 Å². The number of allylic oxidation sites excluding steroid dienone is 1. The zero-order valence-corrected chi connectivity index (χ0v) is 13.0. The van der Waals surface area contributed by atoms with E-state index in [0.29, 0.717) is 17.7 Å². The summed E-state index contributed by atoms with van der Waals surface area (Å²) in [5.74, 6) is 0.631. The van der Waals surface area contributed by atoms with Crippen LogP contribution in [0.5, 0.6) is 0 Å². The average Bonchev–Trinajstić information content (AvgIpc) is 2.52. The van der Waals surface area contributed by atoms with Gasteiger partial charge in [-0.3, -0.25) is 4.52 Å². The molecule has 1 atom stereocenters. The van der Waals surface area contributed by atoms with Gasteiger partial charge in [0.05, 0.1) is 11.9 Å².